The van der Waals surface area contributed by atoms with Gasteiger partial charge in [0.2, 0.25) is 5.88 Å². The number of nitrogen functional groups attached to an aromatic ring is 1. The van der Waals surface area contributed by atoms with Crippen LogP contribution in [-0.4, -0.2) is 9.97 Å². The fourth-order valence-corrected chi connectivity index (χ4v) is 1.31. The van der Waals surface area contributed by atoms with Gasteiger partial charge >= 0.3 is 0 Å². The highest BCUT2D eigenvalue weighted by Gasteiger charge is 2.06. The van der Waals surface area contributed by atoms with Gasteiger partial charge in [0.25, 0.3) is 0 Å². The molecule has 1 heterocycles. The average molecular weight is 234 g/mol. The van der Waals surface area contributed by atoms with E-state index in [1.165, 1.54) is 18.2 Å². The second-order valence-electron chi connectivity index (χ2n) is 3.32. The fraction of sp³-hybridized carbons (Fsp3) is 0.0909. The van der Waals surface area contributed by atoms with E-state index in [9.17, 15) is 4.39 Å². The summed E-state index contributed by atoms with van der Waals surface area (Å²) in [4.78, 5) is 8.02. The Bertz CT molecular complexity index is 533. The first-order valence-corrected chi connectivity index (χ1v) is 4.94. The van der Waals surface area contributed by atoms with Gasteiger partial charge in [-0.15, -0.1) is 0 Å². The molecule has 0 atom stereocenters. The van der Waals surface area contributed by atoms with Gasteiger partial charge in [0, 0.05) is 6.07 Å². The summed E-state index contributed by atoms with van der Waals surface area (Å²) >= 11 is 0. The number of benzene rings is 1. The van der Waals surface area contributed by atoms with E-state index in [-0.39, 0.29) is 11.6 Å². The molecule has 0 bridgehead atoms. The molecule has 0 aliphatic carbocycles. The van der Waals surface area contributed by atoms with E-state index in [4.69, 9.17) is 10.6 Å². The minimum Gasteiger partial charge on any atom is -0.436 e. The molecule has 88 valence electrons. The van der Waals surface area contributed by atoms with Crippen molar-refractivity contribution in [2.24, 2.45) is 5.84 Å². The van der Waals surface area contributed by atoms with Crippen molar-refractivity contribution in [3.63, 3.8) is 0 Å². The quantitative estimate of drug-likeness (QED) is 0.627. The van der Waals surface area contributed by atoms with Crippen molar-refractivity contribution >= 4 is 5.82 Å². The Hall–Kier alpha value is -2.21. The predicted molar refractivity (Wildman–Crippen MR) is 61.1 cm³/mol. The maximum atomic E-state index is 13.3. The zero-order valence-corrected chi connectivity index (χ0v) is 9.14. The second kappa shape index (κ2) is 4.75. The van der Waals surface area contributed by atoms with Crippen LogP contribution in [0.3, 0.4) is 0 Å². The summed E-state index contributed by atoms with van der Waals surface area (Å²) in [5.74, 6) is 6.01. The minimum absolute atomic E-state index is 0.105. The van der Waals surface area contributed by atoms with Crippen LogP contribution in [0.15, 0.2) is 30.3 Å². The lowest BCUT2D eigenvalue weighted by Crippen LogP contribution is -2.09. The Morgan fingerprint density at radius 1 is 1.29 bits per heavy atom. The Morgan fingerprint density at radius 2 is 2.06 bits per heavy atom. The van der Waals surface area contributed by atoms with Gasteiger partial charge in [-0.1, -0.05) is 12.1 Å². The third-order valence-electron chi connectivity index (χ3n) is 2.01. The highest BCUT2D eigenvalue weighted by molar-refractivity contribution is 5.38. The number of hydrazine groups is 1. The molecule has 1 aromatic carbocycles. The molecule has 6 heteroatoms. The maximum Gasteiger partial charge on any atom is 0.224 e. The minimum atomic E-state index is -0.453. The molecular weight excluding hydrogens is 223 g/mol. The number of nitrogens with zero attached hydrogens (tertiary/aromatic N) is 2. The van der Waals surface area contributed by atoms with E-state index in [0.717, 1.165) is 0 Å². The summed E-state index contributed by atoms with van der Waals surface area (Å²) in [6.45, 7) is 1.69. The molecule has 0 spiro atoms. The van der Waals surface area contributed by atoms with Crippen LogP contribution in [0.2, 0.25) is 0 Å². The first-order chi connectivity index (χ1) is 8.19. The van der Waals surface area contributed by atoms with E-state index in [2.05, 4.69) is 15.4 Å². The van der Waals surface area contributed by atoms with Crippen LogP contribution in [0.1, 0.15) is 5.82 Å². The molecule has 0 amide bonds. The number of anilines is 1. The summed E-state index contributed by atoms with van der Waals surface area (Å²) in [7, 11) is 0. The lowest BCUT2D eigenvalue weighted by Gasteiger charge is -2.07. The number of aromatic nitrogens is 2. The van der Waals surface area contributed by atoms with Crippen molar-refractivity contribution in [1.82, 2.24) is 9.97 Å². The van der Waals surface area contributed by atoms with Gasteiger partial charge in [0.1, 0.15) is 11.6 Å². The number of para-hydroxylation sites is 1. The van der Waals surface area contributed by atoms with E-state index < -0.39 is 5.82 Å². The zero-order chi connectivity index (χ0) is 12.3. The SMILES string of the molecule is Cc1nc(NN)cc(Oc2ccccc2F)n1. The summed E-state index contributed by atoms with van der Waals surface area (Å²) in [6, 6.07) is 7.57. The van der Waals surface area contributed by atoms with Gasteiger partial charge in [-0.25, -0.2) is 15.2 Å². The number of nitrogens with two attached hydrogens (primary N) is 1. The van der Waals surface area contributed by atoms with Crippen LogP contribution in [0, 0.1) is 12.7 Å². The molecule has 2 rings (SSSR count). The van der Waals surface area contributed by atoms with Gasteiger partial charge in [-0.3, -0.25) is 0 Å². The smallest absolute Gasteiger partial charge is 0.224 e. The van der Waals surface area contributed by atoms with Gasteiger partial charge < -0.3 is 10.2 Å². The Kier molecular flexibility index (Phi) is 3.15. The van der Waals surface area contributed by atoms with E-state index in [1.807, 2.05) is 0 Å². The van der Waals surface area contributed by atoms with Crippen molar-refractivity contribution in [1.29, 1.82) is 0 Å². The normalized spacial score (nSPS) is 10.1. The van der Waals surface area contributed by atoms with E-state index in [0.29, 0.717) is 11.6 Å². The monoisotopic (exact) mass is 234 g/mol. The number of aryl methyl sites for hydroxylation is 1. The summed E-state index contributed by atoms with van der Waals surface area (Å²) in [5, 5.41) is 0. The van der Waals surface area contributed by atoms with E-state index in [1.54, 1.807) is 19.1 Å². The molecule has 0 aliphatic heterocycles. The van der Waals surface area contributed by atoms with E-state index >= 15 is 0 Å². The van der Waals surface area contributed by atoms with Crippen LogP contribution in [-0.2, 0) is 0 Å². The Morgan fingerprint density at radius 3 is 2.76 bits per heavy atom. The van der Waals surface area contributed by atoms with Gasteiger partial charge in [0.15, 0.2) is 11.6 Å². The standard InChI is InChI=1S/C11H11FN4O/c1-7-14-10(16-13)6-11(15-7)17-9-5-3-2-4-8(9)12/h2-6H,13H2,1H3,(H,14,15,16). The molecule has 2 aromatic rings. The van der Waals surface area contributed by atoms with Crippen molar-refractivity contribution in [3.05, 3.63) is 42.0 Å². The summed E-state index contributed by atoms with van der Waals surface area (Å²) < 4.78 is 18.7. The van der Waals surface area contributed by atoms with Crippen LogP contribution < -0.4 is 16.0 Å². The molecule has 5 nitrogen and oxygen atoms in total. The molecule has 17 heavy (non-hydrogen) atoms. The lowest BCUT2D eigenvalue weighted by molar-refractivity contribution is 0.425. The first kappa shape index (κ1) is 11.3. The zero-order valence-electron chi connectivity index (χ0n) is 9.14. The third kappa shape index (κ3) is 2.67. The maximum absolute atomic E-state index is 13.3. The molecule has 1 aromatic heterocycles. The van der Waals surface area contributed by atoms with Gasteiger partial charge in [0.05, 0.1) is 0 Å². The number of halogens is 1. The van der Waals surface area contributed by atoms with Crippen molar-refractivity contribution < 1.29 is 9.13 Å². The molecule has 0 fully saturated rings. The second-order valence-corrected chi connectivity index (χ2v) is 3.32. The molecular formula is C11H11FN4O. The highest BCUT2D eigenvalue weighted by atomic mass is 19.1. The van der Waals surface area contributed by atoms with Crippen molar-refractivity contribution in [2.75, 3.05) is 5.43 Å². The Balaban J connectivity index is 2.30. The number of ether oxygens (including phenoxy) is 1. The molecule has 0 saturated carbocycles. The summed E-state index contributed by atoms with van der Waals surface area (Å²) in [6.07, 6.45) is 0. The number of nitrogens with one attached hydrogen (secondary N) is 1. The first-order valence-electron chi connectivity index (χ1n) is 4.94. The van der Waals surface area contributed by atoms with Crippen molar-refractivity contribution in [3.8, 4) is 11.6 Å². The Labute approximate surface area is 97.4 Å². The van der Waals surface area contributed by atoms with Crippen LogP contribution in [0.4, 0.5) is 10.2 Å². The summed E-state index contributed by atoms with van der Waals surface area (Å²) in [5.41, 5.74) is 2.38. The highest BCUT2D eigenvalue weighted by Crippen LogP contribution is 2.23. The van der Waals surface area contributed by atoms with Gasteiger partial charge in [-0.05, 0) is 19.1 Å². The van der Waals surface area contributed by atoms with Crippen LogP contribution in [0.25, 0.3) is 0 Å². The predicted octanol–water partition coefficient (Wildman–Crippen LogP) is 2.00. The van der Waals surface area contributed by atoms with Crippen LogP contribution >= 0.6 is 0 Å². The largest absolute Gasteiger partial charge is 0.436 e. The molecule has 0 unspecified atom stereocenters. The fourth-order valence-electron chi connectivity index (χ4n) is 1.31. The lowest BCUT2D eigenvalue weighted by atomic mass is 10.3. The topological polar surface area (TPSA) is 73.1 Å². The average Bonchev–Trinajstić information content (AvgIpc) is 2.31. The number of hydrogen-bond donors (Lipinski definition) is 2. The molecule has 0 aliphatic rings. The number of rotatable bonds is 3. The third-order valence-corrected chi connectivity index (χ3v) is 2.01. The van der Waals surface area contributed by atoms with Gasteiger partial charge in [-0.2, -0.15) is 4.98 Å². The molecule has 3 N–H and O–H groups in total. The molecule has 0 saturated heterocycles. The van der Waals surface area contributed by atoms with Crippen LogP contribution in [0.5, 0.6) is 11.6 Å². The molecule has 0 radical (unpaired) electrons. The van der Waals surface area contributed by atoms with Crippen molar-refractivity contribution in [2.45, 2.75) is 6.92 Å². The number of hydrogen-bond acceptors (Lipinski definition) is 5.